The number of anilines is 3. The maximum absolute atomic E-state index is 15.0. The number of alkyl halides is 2. The molecule has 4 rings (SSSR count). The molecule has 7 nitrogen and oxygen atoms in total. The fourth-order valence-electron chi connectivity index (χ4n) is 3.61. The quantitative estimate of drug-likeness (QED) is 0.321. The molecule has 0 saturated carbocycles. The Kier molecular flexibility index (Phi) is 7.77. The highest BCUT2D eigenvalue weighted by Crippen LogP contribution is 2.31. The van der Waals surface area contributed by atoms with E-state index >= 15 is 0 Å². The lowest BCUT2D eigenvalue weighted by atomic mass is 10.1. The molecule has 3 aromatic rings. The van der Waals surface area contributed by atoms with Crippen molar-refractivity contribution in [2.45, 2.75) is 18.9 Å². The summed E-state index contributed by atoms with van der Waals surface area (Å²) in [6.45, 7) is -0.171. The minimum atomic E-state index is -2.84. The van der Waals surface area contributed by atoms with Crippen LogP contribution in [0.25, 0.3) is 11.3 Å². The summed E-state index contributed by atoms with van der Waals surface area (Å²) in [6.07, 6.45) is -3.59. The molecule has 0 amide bonds. The van der Waals surface area contributed by atoms with Crippen LogP contribution in [0.5, 0.6) is 0 Å². The second-order valence-corrected chi connectivity index (χ2v) is 8.25. The monoisotopic (exact) mass is 520 g/mol. The summed E-state index contributed by atoms with van der Waals surface area (Å²) in [6, 6.07) is 13.0. The average Bonchev–Trinajstić information content (AvgIpc) is 3.12. The van der Waals surface area contributed by atoms with Crippen molar-refractivity contribution in [3.63, 3.8) is 0 Å². The topological polar surface area (TPSA) is 86.7 Å². The predicted octanol–water partition coefficient (Wildman–Crippen LogP) is 3.79. The molecule has 2 unspecified atom stereocenters. The number of nitrogens with one attached hydrogen (secondary N) is 2. The van der Waals surface area contributed by atoms with Crippen LogP contribution in [0.15, 0.2) is 65.6 Å². The van der Waals surface area contributed by atoms with Gasteiger partial charge in [-0.1, -0.05) is 30.4 Å². The Hall–Kier alpha value is -3.61. The number of benzene rings is 1. The highest BCUT2D eigenvalue weighted by atomic mass is 32.1. The van der Waals surface area contributed by atoms with Gasteiger partial charge in [-0.25, -0.2) is 17.6 Å². The molecule has 0 radical (unpaired) electrons. The van der Waals surface area contributed by atoms with Crippen LogP contribution < -0.4 is 21.0 Å². The summed E-state index contributed by atoms with van der Waals surface area (Å²) in [7, 11) is 0. The summed E-state index contributed by atoms with van der Waals surface area (Å²) in [5, 5.41) is 15.0. The molecular weight excluding hydrogens is 500 g/mol. The number of nitrogens with zero attached hydrogens (tertiary/aromatic N) is 2. The molecule has 36 heavy (non-hydrogen) atoms. The van der Waals surface area contributed by atoms with Crippen LogP contribution in [0.3, 0.4) is 0 Å². The molecule has 0 bridgehead atoms. The van der Waals surface area contributed by atoms with Crippen molar-refractivity contribution >= 4 is 34.3 Å². The standard InChI is InChI=1S/C24H20F4N4O3S/c25-16-9-14(32-12-15(35-24(32)34)11-30-23(36)22(27)28)10-17(26)21(16)31-19-8-13(4-3-6-20(19)33)18-5-1-2-7-29-18/h1-10,15,22,24,34H,11-12H2,(H,30,36)(H,31,33). The van der Waals surface area contributed by atoms with E-state index in [1.807, 2.05) is 0 Å². The minimum Gasteiger partial charge on any atom is -0.372 e. The predicted molar refractivity (Wildman–Crippen MR) is 130 cm³/mol. The number of hydrogen-bond donors (Lipinski definition) is 3. The third kappa shape index (κ3) is 5.78. The van der Waals surface area contributed by atoms with Crippen LogP contribution in [0.4, 0.5) is 34.6 Å². The molecule has 12 heteroatoms. The Bertz CT molecular complexity index is 1290. The second kappa shape index (κ2) is 11.0. The molecule has 188 valence electrons. The number of thiocarbonyl (C=S) groups is 1. The third-order valence-electron chi connectivity index (χ3n) is 5.35. The van der Waals surface area contributed by atoms with E-state index in [9.17, 15) is 27.5 Å². The fourth-order valence-corrected chi connectivity index (χ4v) is 3.69. The summed E-state index contributed by atoms with van der Waals surface area (Å²) in [4.78, 5) is 17.2. The van der Waals surface area contributed by atoms with Gasteiger partial charge in [-0.15, -0.1) is 0 Å². The average molecular weight is 521 g/mol. The number of rotatable bonds is 7. The van der Waals surface area contributed by atoms with Crippen LogP contribution >= 0.6 is 12.2 Å². The lowest BCUT2D eigenvalue weighted by molar-refractivity contribution is -0.0864. The molecule has 1 aliphatic rings. The zero-order chi connectivity index (χ0) is 25.8. The Morgan fingerprint density at radius 3 is 2.58 bits per heavy atom. The van der Waals surface area contributed by atoms with E-state index in [0.29, 0.717) is 11.3 Å². The van der Waals surface area contributed by atoms with Gasteiger partial charge in [-0.2, -0.15) is 0 Å². The van der Waals surface area contributed by atoms with Crippen molar-refractivity contribution in [2.75, 3.05) is 23.3 Å². The summed E-state index contributed by atoms with van der Waals surface area (Å²) < 4.78 is 60.3. The van der Waals surface area contributed by atoms with Crippen LogP contribution in [-0.2, 0) is 4.74 Å². The fraction of sp³-hybridized carbons (Fsp3) is 0.208. The van der Waals surface area contributed by atoms with Gasteiger partial charge < -0.3 is 25.4 Å². The van der Waals surface area contributed by atoms with Gasteiger partial charge in [0, 0.05) is 24.0 Å². The third-order valence-corrected chi connectivity index (χ3v) is 5.67. The lowest BCUT2D eigenvalue weighted by Crippen LogP contribution is -2.36. The first-order valence-corrected chi connectivity index (χ1v) is 11.1. The molecule has 3 N–H and O–H groups in total. The van der Waals surface area contributed by atoms with E-state index in [4.69, 9.17) is 4.74 Å². The molecule has 0 aliphatic carbocycles. The van der Waals surface area contributed by atoms with E-state index in [1.165, 1.54) is 18.2 Å². The van der Waals surface area contributed by atoms with E-state index in [-0.39, 0.29) is 24.5 Å². The molecule has 1 aromatic heterocycles. The van der Waals surface area contributed by atoms with Crippen molar-refractivity contribution in [3.8, 4) is 11.3 Å². The summed E-state index contributed by atoms with van der Waals surface area (Å²) in [5.74, 6) is -2.05. The van der Waals surface area contributed by atoms with Gasteiger partial charge in [-0.05, 0) is 36.4 Å². The number of aromatic nitrogens is 1. The van der Waals surface area contributed by atoms with Crippen molar-refractivity contribution in [1.82, 2.24) is 10.3 Å². The van der Waals surface area contributed by atoms with Crippen LogP contribution in [-0.4, -0.2) is 47.1 Å². The first-order chi connectivity index (χ1) is 17.2. The first-order valence-electron chi connectivity index (χ1n) is 10.7. The highest BCUT2D eigenvalue weighted by Gasteiger charge is 2.33. The molecule has 2 heterocycles. The number of aliphatic hydroxyl groups excluding tert-OH is 1. The lowest BCUT2D eigenvalue weighted by Gasteiger charge is -2.21. The van der Waals surface area contributed by atoms with Gasteiger partial charge >= 0.3 is 0 Å². The molecule has 2 atom stereocenters. The van der Waals surface area contributed by atoms with Crippen LogP contribution in [0.1, 0.15) is 0 Å². The first kappa shape index (κ1) is 25.5. The number of hydrogen-bond acceptors (Lipinski definition) is 7. The Morgan fingerprint density at radius 2 is 1.92 bits per heavy atom. The number of halogens is 4. The van der Waals surface area contributed by atoms with Gasteiger partial charge in [0.25, 0.3) is 6.43 Å². The normalized spacial score (nSPS) is 17.3. The minimum absolute atomic E-state index is 0.0433. The molecule has 2 aromatic carbocycles. The van der Waals surface area contributed by atoms with Gasteiger partial charge in [0.15, 0.2) is 11.6 Å². The Labute approximate surface area is 208 Å². The van der Waals surface area contributed by atoms with Gasteiger partial charge in [-0.3, -0.25) is 9.78 Å². The Balaban J connectivity index is 1.55. The number of ether oxygens (including phenoxy) is 1. The van der Waals surface area contributed by atoms with Gasteiger partial charge in [0.1, 0.15) is 10.7 Å². The zero-order valence-electron chi connectivity index (χ0n) is 18.5. The van der Waals surface area contributed by atoms with Gasteiger partial charge in [0.05, 0.1) is 24.0 Å². The number of pyridine rings is 1. The molecule has 0 spiro atoms. The van der Waals surface area contributed by atoms with E-state index in [0.717, 1.165) is 17.0 Å². The SMILES string of the molecule is O=c1cccc(-c2ccccn2)cc1Nc1c(F)cc(N2CC(CNC(=S)C(F)F)OC2O)cc1F. The van der Waals surface area contributed by atoms with Crippen molar-refractivity contribution in [1.29, 1.82) is 0 Å². The summed E-state index contributed by atoms with van der Waals surface area (Å²) >= 11 is 4.49. The maximum atomic E-state index is 15.0. The smallest absolute Gasteiger partial charge is 0.288 e. The maximum Gasteiger partial charge on any atom is 0.288 e. The van der Waals surface area contributed by atoms with Crippen molar-refractivity contribution in [3.05, 3.63) is 82.7 Å². The largest absolute Gasteiger partial charge is 0.372 e. The highest BCUT2D eigenvalue weighted by molar-refractivity contribution is 7.80. The van der Waals surface area contributed by atoms with Gasteiger partial charge in [0.2, 0.25) is 11.8 Å². The Morgan fingerprint density at radius 1 is 1.17 bits per heavy atom. The van der Waals surface area contributed by atoms with Crippen LogP contribution in [0.2, 0.25) is 0 Å². The van der Waals surface area contributed by atoms with Crippen LogP contribution in [0, 0.1) is 11.6 Å². The summed E-state index contributed by atoms with van der Waals surface area (Å²) in [5.41, 5.74) is -0.0617. The van der Waals surface area contributed by atoms with E-state index in [1.54, 1.807) is 30.5 Å². The molecular formula is C24H20F4N4O3S. The van der Waals surface area contributed by atoms with E-state index < -0.39 is 46.7 Å². The van der Waals surface area contributed by atoms with E-state index in [2.05, 4.69) is 27.8 Å². The molecule has 1 aliphatic heterocycles. The second-order valence-electron chi connectivity index (χ2n) is 7.81. The van der Waals surface area contributed by atoms with Crippen molar-refractivity contribution in [2.24, 2.45) is 0 Å². The number of aliphatic hydroxyl groups is 1. The van der Waals surface area contributed by atoms with Crippen molar-refractivity contribution < 1.29 is 27.4 Å². The molecule has 1 saturated heterocycles. The molecule has 1 fully saturated rings. The zero-order valence-corrected chi connectivity index (χ0v) is 19.3.